The third-order valence-corrected chi connectivity index (χ3v) is 7.92. The summed E-state index contributed by atoms with van der Waals surface area (Å²) in [5.41, 5.74) is 1.46. The minimum Gasteiger partial charge on any atom is -0.337 e. The Balaban J connectivity index is 1.41. The van der Waals surface area contributed by atoms with Crippen LogP contribution in [0.3, 0.4) is 0 Å². The highest BCUT2D eigenvalue weighted by Gasteiger charge is 2.37. The van der Waals surface area contributed by atoms with Gasteiger partial charge in [0.2, 0.25) is 5.91 Å². The average molecular weight is 424 g/mol. The third-order valence-electron chi connectivity index (χ3n) is 5.10. The van der Waals surface area contributed by atoms with Gasteiger partial charge in [-0.1, -0.05) is 36.4 Å². The van der Waals surface area contributed by atoms with Crippen LogP contribution in [-0.2, 0) is 21.4 Å². The minimum absolute atomic E-state index is 0.239. The molecule has 1 aromatic heterocycles. The molecule has 0 spiro atoms. The second kappa shape index (κ2) is 6.53. The summed E-state index contributed by atoms with van der Waals surface area (Å²) in [5.74, 6) is -0.280. The van der Waals surface area contributed by atoms with Gasteiger partial charge in [-0.25, -0.2) is 13.4 Å². The van der Waals surface area contributed by atoms with E-state index in [1.807, 2.05) is 42.5 Å². The summed E-state index contributed by atoms with van der Waals surface area (Å²) in [6.45, 7) is 0.0980. The molecule has 3 aromatic carbocycles. The zero-order valence-corrected chi connectivity index (χ0v) is 17.2. The number of aromatic nitrogens is 1. The van der Waals surface area contributed by atoms with Crippen LogP contribution in [0.4, 0.5) is 5.69 Å². The maximum Gasteiger partial charge on any atom is 0.265 e. The van der Waals surface area contributed by atoms with Gasteiger partial charge in [-0.05, 0) is 29.7 Å². The molecule has 6 nitrogen and oxygen atoms in total. The number of carbonyl (C=O) groups is 1. The number of amides is 1. The number of benzene rings is 3. The molecule has 0 saturated carbocycles. The molecule has 8 heteroatoms. The maximum atomic E-state index is 13.0. The van der Waals surface area contributed by atoms with Crippen LogP contribution in [-0.4, -0.2) is 37.8 Å². The number of thiazole rings is 1. The largest absolute Gasteiger partial charge is 0.337 e. The quantitative estimate of drug-likeness (QED) is 0.503. The van der Waals surface area contributed by atoms with E-state index in [1.54, 1.807) is 25.2 Å². The highest BCUT2D eigenvalue weighted by molar-refractivity contribution is 7.93. The van der Waals surface area contributed by atoms with E-state index < -0.39 is 10.0 Å². The predicted molar refractivity (Wildman–Crippen MR) is 115 cm³/mol. The van der Waals surface area contributed by atoms with Gasteiger partial charge < -0.3 is 4.90 Å². The molecular weight excluding hydrogens is 406 g/mol. The molecule has 0 saturated heterocycles. The Bertz CT molecular complexity index is 1340. The van der Waals surface area contributed by atoms with E-state index in [2.05, 4.69) is 4.98 Å². The molecule has 0 atom stereocenters. The number of fused-ring (bicyclic) bond motifs is 1. The number of sulfonamides is 1. The summed E-state index contributed by atoms with van der Waals surface area (Å²) in [4.78, 5) is 19.2. The fourth-order valence-electron chi connectivity index (χ4n) is 3.65. The van der Waals surface area contributed by atoms with Crippen LogP contribution < -0.4 is 4.31 Å². The van der Waals surface area contributed by atoms with Gasteiger partial charge in [-0.15, -0.1) is 11.3 Å². The first-order valence-corrected chi connectivity index (χ1v) is 11.3. The van der Waals surface area contributed by atoms with Crippen molar-refractivity contribution in [3.63, 3.8) is 0 Å². The SMILES string of the molecule is CN(Cc1nc2ccccc2s1)C(=O)CN1c2cccc3cccc(c23)S1(=O)=O. The number of hydrogen-bond acceptors (Lipinski definition) is 5. The van der Waals surface area contributed by atoms with Crippen LogP contribution in [0.5, 0.6) is 0 Å². The first kappa shape index (κ1) is 18.1. The number of carbonyl (C=O) groups excluding carboxylic acids is 1. The first-order valence-electron chi connectivity index (χ1n) is 9.08. The van der Waals surface area contributed by atoms with Crippen molar-refractivity contribution in [2.75, 3.05) is 17.9 Å². The van der Waals surface area contributed by atoms with Crippen molar-refractivity contribution in [2.45, 2.75) is 11.4 Å². The number of para-hydroxylation sites is 1. The maximum absolute atomic E-state index is 13.0. The number of rotatable bonds is 4. The van der Waals surface area contributed by atoms with Crippen LogP contribution in [0.25, 0.3) is 21.0 Å². The molecule has 29 heavy (non-hydrogen) atoms. The normalized spacial score (nSPS) is 14.6. The fraction of sp³-hybridized carbons (Fsp3) is 0.143. The molecule has 0 aliphatic carbocycles. The highest BCUT2D eigenvalue weighted by atomic mass is 32.2. The second-order valence-electron chi connectivity index (χ2n) is 6.97. The Kier molecular flexibility index (Phi) is 4.07. The van der Waals surface area contributed by atoms with Gasteiger partial charge in [0.15, 0.2) is 0 Å². The molecule has 2 heterocycles. The minimum atomic E-state index is -3.75. The Labute approximate surface area is 172 Å². The van der Waals surface area contributed by atoms with Gasteiger partial charge >= 0.3 is 0 Å². The second-order valence-corrected chi connectivity index (χ2v) is 9.91. The summed E-state index contributed by atoms with van der Waals surface area (Å²) in [7, 11) is -2.08. The third kappa shape index (κ3) is 2.87. The molecule has 0 N–H and O–H groups in total. The molecule has 5 rings (SSSR count). The van der Waals surface area contributed by atoms with E-state index in [0.29, 0.717) is 17.6 Å². The smallest absolute Gasteiger partial charge is 0.265 e. The van der Waals surface area contributed by atoms with E-state index in [1.165, 1.54) is 20.5 Å². The van der Waals surface area contributed by atoms with E-state index in [4.69, 9.17) is 0 Å². The Morgan fingerprint density at radius 3 is 2.62 bits per heavy atom. The van der Waals surface area contributed by atoms with E-state index >= 15 is 0 Å². The topological polar surface area (TPSA) is 70.6 Å². The van der Waals surface area contributed by atoms with Crippen LogP contribution >= 0.6 is 11.3 Å². The number of anilines is 1. The van der Waals surface area contributed by atoms with Crippen LogP contribution in [0, 0.1) is 0 Å². The lowest BCUT2D eigenvalue weighted by atomic mass is 10.1. The monoisotopic (exact) mass is 423 g/mol. The predicted octanol–water partition coefficient (Wildman–Crippen LogP) is 3.62. The summed E-state index contributed by atoms with van der Waals surface area (Å²) in [6, 6.07) is 18.4. The Morgan fingerprint density at radius 2 is 1.83 bits per heavy atom. The lowest BCUT2D eigenvalue weighted by Crippen LogP contribution is -2.39. The average Bonchev–Trinajstić information content (AvgIpc) is 3.21. The number of likely N-dealkylation sites (N-methyl/N-ethyl adjacent to an activating group) is 1. The molecule has 1 aliphatic heterocycles. The summed E-state index contributed by atoms with van der Waals surface area (Å²) in [5, 5.41) is 2.34. The molecule has 1 aliphatic rings. The molecular formula is C21H17N3O3S2. The van der Waals surface area contributed by atoms with E-state index in [0.717, 1.165) is 20.6 Å². The lowest BCUT2D eigenvalue weighted by Gasteiger charge is -2.22. The van der Waals surface area contributed by atoms with Crippen LogP contribution in [0.1, 0.15) is 5.01 Å². The standard InChI is InChI=1S/C21H17N3O3S2/c1-23(12-19-22-15-8-2-3-10-17(15)28-19)20(25)13-24-16-9-4-6-14-7-5-11-18(21(14)16)29(24,26)27/h2-11H,12-13H2,1H3. The highest BCUT2D eigenvalue weighted by Crippen LogP contribution is 2.41. The number of hydrogen-bond donors (Lipinski definition) is 0. The van der Waals surface area contributed by atoms with Crippen molar-refractivity contribution >= 4 is 53.9 Å². The lowest BCUT2D eigenvalue weighted by molar-refractivity contribution is -0.128. The Hall–Kier alpha value is -2.97. The fourth-order valence-corrected chi connectivity index (χ4v) is 6.33. The summed E-state index contributed by atoms with van der Waals surface area (Å²) in [6.07, 6.45) is 0. The zero-order chi connectivity index (χ0) is 20.2. The van der Waals surface area contributed by atoms with Crippen molar-refractivity contribution in [1.82, 2.24) is 9.88 Å². The van der Waals surface area contributed by atoms with Gasteiger partial charge in [0.05, 0.1) is 27.3 Å². The van der Waals surface area contributed by atoms with Gasteiger partial charge in [0, 0.05) is 12.4 Å². The summed E-state index contributed by atoms with van der Waals surface area (Å²) < 4.78 is 28.4. The molecule has 4 aromatic rings. The van der Waals surface area contributed by atoms with Crippen LogP contribution in [0.2, 0.25) is 0 Å². The van der Waals surface area contributed by atoms with Crippen molar-refractivity contribution in [1.29, 1.82) is 0 Å². The van der Waals surface area contributed by atoms with Crippen molar-refractivity contribution in [3.05, 3.63) is 65.7 Å². The molecule has 1 amide bonds. The van der Waals surface area contributed by atoms with Crippen molar-refractivity contribution in [3.8, 4) is 0 Å². The van der Waals surface area contributed by atoms with E-state index in [-0.39, 0.29) is 17.3 Å². The van der Waals surface area contributed by atoms with Gasteiger partial charge in [-0.2, -0.15) is 0 Å². The number of nitrogens with zero attached hydrogens (tertiary/aromatic N) is 3. The van der Waals surface area contributed by atoms with Crippen LogP contribution in [0.15, 0.2) is 65.6 Å². The molecule has 146 valence electrons. The van der Waals surface area contributed by atoms with Crippen molar-refractivity contribution in [2.24, 2.45) is 0 Å². The van der Waals surface area contributed by atoms with Gasteiger partial charge in [-0.3, -0.25) is 9.10 Å². The summed E-state index contributed by atoms with van der Waals surface area (Å²) >= 11 is 1.53. The molecule has 0 unspecified atom stereocenters. The van der Waals surface area contributed by atoms with Gasteiger partial charge in [0.1, 0.15) is 11.6 Å². The molecule has 0 radical (unpaired) electrons. The first-order chi connectivity index (χ1) is 13.9. The van der Waals surface area contributed by atoms with E-state index in [9.17, 15) is 13.2 Å². The Morgan fingerprint density at radius 1 is 1.07 bits per heavy atom. The molecule has 0 fully saturated rings. The van der Waals surface area contributed by atoms with Crippen molar-refractivity contribution < 1.29 is 13.2 Å². The zero-order valence-electron chi connectivity index (χ0n) is 15.6. The molecule has 0 bridgehead atoms. The van der Waals surface area contributed by atoms with Gasteiger partial charge in [0.25, 0.3) is 10.0 Å².